The van der Waals surface area contributed by atoms with E-state index in [0.717, 1.165) is 13.0 Å². The van der Waals surface area contributed by atoms with Gasteiger partial charge in [-0.05, 0) is 75.3 Å². The fourth-order valence-corrected chi connectivity index (χ4v) is 3.10. The molecule has 0 unspecified atom stereocenters. The largest absolute Gasteiger partial charge is 0.459 e. The molecule has 1 fully saturated rings. The normalized spacial score (nSPS) is 14.8. The topological polar surface area (TPSA) is 74.6 Å². The van der Waals surface area contributed by atoms with Crippen molar-refractivity contribution in [1.82, 2.24) is 10.2 Å². The van der Waals surface area contributed by atoms with Gasteiger partial charge in [-0.3, -0.25) is 9.59 Å². The number of carbonyl (C=O) groups is 2. The fraction of sp³-hybridized carbons (Fsp3) is 0.400. The maximum atomic E-state index is 12.2. The zero-order valence-electron chi connectivity index (χ0n) is 14.9. The van der Waals surface area contributed by atoms with E-state index >= 15 is 0 Å². The molecule has 0 atom stereocenters. The van der Waals surface area contributed by atoms with E-state index < -0.39 is 0 Å². The Morgan fingerprint density at radius 2 is 1.77 bits per heavy atom. The summed E-state index contributed by atoms with van der Waals surface area (Å²) in [5.74, 6) is -0.155. The van der Waals surface area contributed by atoms with Gasteiger partial charge in [0.05, 0.1) is 6.26 Å². The van der Waals surface area contributed by atoms with Crippen molar-refractivity contribution in [3.63, 3.8) is 0 Å². The van der Waals surface area contributed by atoms with E-state index in [4.69, 9.17) is 4.42 Å². The summed E-state index contributed by atoms with van der Waals surface area (Å²) in [6.45, 7) is 4.07. The molecule has 0 aliphatic carbocycles. The third-order valence-electron chi connectivity index (χ3n) is 4.54. The Bertz CT molecular complexity index is 704. The van der Waals surface area contributed by atoms with Crippen LogP contribution in [0.2, 0.25) is 0 Å². The summed E-state index contributed by atoms with van der Waals surface area (Å²) < 4.78 is 5.05. The van der Waals surface area contributed by atoms with Gasteiger partial charge in [0.2, 0.25) is 0 Å². The van der Waals surface area contributed by atoms with Crippen molar-refractivity contribution in [2.24, 2.45) is 0 Å². The van der Waals surface area contributed by atoms with Gasteiger partial charge in [0.25, 0.3) is 11.8 Å². The number of furan rings is 1. The van der Waals surface area contributed by atoms with E-state index in [0.29, 0.717) is 17.8 Å². The van der Waals surface area contributed by atoms with E-state index in [1.165, 1.54) is 38.6 Å². The van der Waals surface area contributed by atoms with Gasteiger partial charge in [-0.1, -0.05) is 6.42 Å². The molecule has 6 heteroatoms. The lowest BCUT2D eigenvalue weighted by Crippen LogP contribution is -2.33. The molecule has 1 saturated heterocycles. The third kappa shape index (κ3) is 5.20. The van der Waals surface area contributed by atoms with Gasteiger partial charge in [0, 0.05) is 17.8 Å². The highest BCUT2D eigenvalue weighted by atomic mass is 16.3. The van der Waals surface area contributed by atoms with Crippen molar-refractivity contribution in [3.8, 4) is 0 Å². The number of rotatable bonds is 7. The van der Waals surface area contributed by atoms with Gasteiger partial charge < -0.3 is 20.0 Å². The monoisotopic (exact) mass is 355 g/mol. The summed E-state index contributed by atoms with van der Waals surface area (Å²) in [6.07, 6.45) is 6.33. The molecule has 1 aromatic carbocycles. The van der Waals surface area contributed by atoms with Crippen molar-refractivity contribution in [2.75, 3.05) is 31.5 Å². The first kappa shape index (κ1) is 18.2. The van der Waals surface area contributed by atoms with Crippen LogP contribution in [-0.4, -0.2) is 42.9 Å². The van der Waals surface area contributed by atoms with Crippen molar-refractivity contribution in [1.29, 1.82) is 0 Å². The third-order valence-corrected chi connectivity index (χ3v) is 4.54. The molecule has 2 amide bonds. The average Bonchev–Trinajstić information content (AvgIpc) is 3.21. The average molecular weight is 355 g/mol. The fourth-order valence-electron chi connectivity index (χ4n) is 3.10. The Balaban J connectivity index is 1.41. The Kier molecular flexibility index (Phi) is 6.44. The smallest absolute Gasteiger partial charge is 0.291 e. The molecule has 0 bridgehead atoms. The van der Waals surface area contributed by atoms with Crippen molar-refractivity contribution in [2.45, 2.75) is 25.7 Å². The molecule has 0 spiro atoms. The zero-order valence-corrected chi connectivity index (χ0v) is 14.9. The molecular formula is C20H25N3O3. The van der Waals surface area contributed by atoms with Crippen molar-refractivity contribution in [3.05, 3.63) is 54.0 Å². The van der Waals surface area contributed by atoms with E-state index in [1.54, 1.807) is 36.4 Å². The second-order valence-corrected chi connectivity index (χ2v) is 6.52. The predicted octanol–water partition coefficient (Wildman–Crippen LogP) is 3.14. The SMILES string of the molecule is O=C(NCCCN1CCCCC1)c1ccc(NC(=O)c2ccco2)cc1. The second-order valence-electron chi connectivity index (χ2n) is 6.52. The molecule has 0 saturated carbocycles. The Morgan fingerprint density at radius 3 is 2.46 bits per heavy atom. The Morgan fingerprint density at radius 1 is 1.00 bits per heavy atom. The van der Waals surface area contributed by atoms with Gasteiger partial charge >= 0.3 is 0 Å². The van der Waals surface area contributed by atoms with Crippen LogP contribution in [0, 0.1) is 0 Å². The lowest BCUT2D eigenvalue weighted by molar-refractivity contribution is 0.0950. The van der Waals surface area contributed by atoms with Crippen LogP contribution in [0.4, 0.5) is 5.69 Å². The molecule has 3 rings (SSSR count). The van der Waals surface area contributed by atoms with Gasteiger partial charge in [0.15, 0.2) is 5.76 Å². The molecule has 138 valence electrons. The lowest BCUT2D eigenvalue weighted by Gasteiger charge is -2.26. The van der Waals surface area contributed by atoms with Crippen LogP contribution in [0.3, 0.4) is 0 Å². The molecular weight excluding hydrogens is 330 g/mol. The Labute approximate surface area is 153 Å². The van der Waals surface area contributed by atoms with Crippen LogP contribution in [0.1, 0.15) is 46.6 Å². The lowest BCUT2D eigenvalue weighted by atomic mass is 10.1. The minimum absolute atomic E-state index is 0.0902. The number of piperidine rings is 1. The molecule has 0 radical (unpaired) electrons. The van der Waals surface area contributed by atoms with Gasteiger partial charge in [-0.2, -0.15) is 0 Å². The number of benzene rings is 1. The van der Waals surface area contributed by atoms with Crippen molar-refractivity contribution >= 4 is 17.5 Å². The first-order valence-corrected chi connectivity index (χ1v) is 9.18. The van der Waals surface area contributed by atoms with Crippen LogP contribution in [0.15, 0.2) is 47.1 Å². The zero-order chi connectivity index (χ0) is 18.2. The van der Waals surface area contributed by atoms with Gasteiger partial charge in [0.1, 0.15) is 0 Å². The number of anilines is 1. The molecule has 2 aromatic rings. The van der Waals surface area contributed by atoms with E-state index in [2.05, 4.69) is 15.5 Å². The first-order chi connectivity index (χ1) is 12.7. The van der Waals surface area contributed by atoms with E-state index in [1.807, 2.05) is 0 Å². The molecule has 2 N–H and O–H groups in total. The number of nitrogens with one attached hydrogen (secondary N) is 2. The quantitative estimate of drug-likeness (QED) is 0.748. The standard InChI is InChI=1S/C20H25N3O3/c24-19(21-11-5-14-23-12-2-1-3-13-23)16-7-9-17(10-8-16)22-20(25)18-6-4-15-26-18/h4,6-10,15H,1-3,5,11-14H2,(H,21,24)(H,22,25). The first-order valence-electron chi connectivity index (χ1n) is 9.18. The number of nitrogens with zero attached hydrogens (tertiary/aromatic N) is 1. The minimum atomic E-state index is -0.315. The highest BCUT2D eigenvalue weighted by Crippen LogP contribution is 2.12. The summed E-state index contributed by atoms with van der Waals surface area (Å²) >= 11 is 0. The number of likely N-dealkylation sites (tertiary alicyclic amines) is 1. The minimum Gasteiger partial charge on any atom is -0.459 e. The molecule has 26 heavy (non-hydrogen) atoms. The summed E-state index contributed by atoms with van der Waals surface area (Å²) in [5, 5.41) is 5.68. The van der Waals surface area contributed by atoms with Gasteiger partial charge in [-0.15, -0.1) is 0 Å². The van der Waals surface area contributed by atoms with Crippen LogP contribution in [0.25, 0.3) is 0 Å². The maximum Gasteiger partial charge on any atom is 0.291 e. The number of hydrogen-bond donors (Lipinski definition) is 2. The molecule has 2 heterocycles. The molecule has 6 nitrogen and oxygen atoms in total. The van der Waals surface area contributed by atoms with E-state index in [9.17, 15) is 9.59 Å². The highest BCUT2D eigenvalue weighted by Gasteiger charge is 2.11. The van der Waals surface area contributed by atoms with E-state index in [-0.39, 0.29) is 17.6 Å². The predicted molar refractivity (Wildman–Crippen MR) is 100 cm³/mol. The summed E-state index contributed by atoms with van der Waals surface area (Å²) in [6, 6.07) is 10.1. The van der Waals surface area contributed by atoms with Crippen LogP contribution in [0.5, 0.6) is 0 Å². The summed E-state index contributed by atoms with van der Waals surface area (Å²) in [4.78, 5) is 26.6. The van der Waals surface area contributed by atoms with Crippen molar-refractivity contribution < 1.29 is 14.0 Å². The molecule has 1 aromatic heterocycles. The number of hydrogen-bond acceptors (Lipinski definition) is 4. The number of carbonyl (C=O) groups excluding carboxylic acids is 2. The molecule has 1 aliphatic heterocycles. The van der Waals surface area contributed by atoms with Crippen LogP contribution >= 0.6 is 0 Å². The summed E-state index contributed by atoms with van der Waals surface area (Å²) in [7, 11) is 0. The van der Waals surface area contributed by atoms with Crippen LogP contribution < -0.4 is 10.6 Å². The second kappa shape index (κ2) is 9.20. The maximum absolute atomic E-state index is 12.2. The summed E-state index contributed by atoms with van der Waals surface area (Å²) in [5.41, 5.74) is 1.20. The number of amides is 2. The van der Waals surface area contributed by atoms with Crippen LogP contribution in [-0.2, 0) is 0 Å². The highest BCUT2D eigenvalue weighted by molar-refractivity contribution is 6.02. The Hall–Kier alpha value is -2.60. The molecule has 1 aliphatic rings. The van der Waals surface area contributed by atoms with Gasteiger partial charge in [-0.25, -0.2) is 0 Å².